The van der Waals surface area contributed by atoms with Crippen LogP contribution in [0.25, 0.3) is 0 Å². The Morgan fingerprint density at radius 3 is 2.75 bits per heavy atom. The van der Waals surface area contributed by atoms with Gasteiger partial charge >= 0.3 is 82.4 Å². The first kappa shape index (κ1) is 8.54. The average Bonchev–Trinajstić information content (AvgIpc) is 1.97. The van der Waals surface area contributed by atoms with E-state index < -0.39 is 21.1 Å². The van der Waals surface area contributed by atoms with E-state index in [1.807, 2.05) is 6.07 Å². The molecule has 0 bridgehead atoms. The van der Waals surface area contributed by atoms with Crippen LogP contribution in [0.1, 0.15) is 19.3 Å². The molecule has 0 saturated heterocycles. The molecular weight excluding hydrogens is 258 g/mol. The van der Waals surface area contributed by atoms with Crippen molar-refractivity contribution in [3.63, 3.8) is 0 Å². The summed E-state index contributed by atoms with van der Waals surface area (Å²) >= 11 is -0.437. The molecule has 0 amide bonds. The fourth-order valence-electron chi connectivity index (χ4n) is 1.37. The summed E-state index contributed by atoms with van der Waals surface area (Å²) in [4.78, 5) is 0. The number of benzene rings is 1. The Morgan fingerprint density at radius 1 is 1.33 bits per heavy atom. The molecule has 2 rings (SSSR count). The van der Waals surface area contributed by atoms with Crippen LogP contribution in [0.4, 0.5) is 4.39 Å². The van der Waals surface area contributed by atoms with Crippen LogP contribution in [0.2, 0.25) is 3.93 Å². The Morgan fingerprint density at radius 2 is 2.17 bits per heavy atom. The normalized spacial score (nSPS) is 17.4. The van der Waals surface area contributed by atoms with Crippen molar-refractivity contribution in [3.8, 4) is 0 Å². The zero-order valence-corrected chi connectivity index (χ0v) is 9.74. The average molecular weight is 269 g/mol. The second kappa shape index (κ2) is 3.77. The molecule has 0 unspecified atom stereocenters. The number of halogens is 1. The summed E-state index contributed by atoms with van der Waals surface area (Å²) in [6.45, 7) is 0. The van der Waals surface area contributed by atoms with Gasteiger partial charge in [0.2, 0.25) is 0 Å². The third-order valence-corrected chi connectivity index (χ3v) is 6.95. The third kappa shape index (κ3) is 2.00. The molecule has 0 heterocycles. The zero-order chi connectivity index (χ0) is 8.39. The van der Waals surface area contributed by atoms with E-state index in [2.05, 4.69) is 6.07 Å². The van der Waals surface area contributed by atoms with Crippen LogP contribution in [0.3, 0.4) is 0 Å². The molecule has 0 atom stereocenters. The number of hydrogen-bond donors (Lipinski definition) is 0. The van der Waals surface area contributed by atoms with Crippen molar-refractivity contribution >= 4 is 24.7 Å². The standard InChI is InChI=1S/C6H4F.C4H7.Sn/c7-6-4-2-1-3-5-6;1-2-4-3-1;/h1-2,4-5H;1H,2-4H2;. The van der Waals surface area contributed by atoms with Gasteiger partial charge in [-0.1, -0.05) is 0 Å². The van der Waals surface area contributed by atoms with Crippen molar-refractivity contribution in [2.24, 2.45) is 0 Å². The summed E-state index contributed by atoms with van der Waals surface area (Å²) in [6, 6.07) is 7.19. The minimum absolute atomic E-state index is 0.0623. The Bertz CT molecular complexity index is 268. The van der Waals surface area contributed by atoms with Gasteiger partial charge < -0.3 is 0 Å². The third-order valence-electron chi connectivity index (χ3n) is 2.30. The molecule has 1 aliphatic rings. The Hall–Kier alpha value is -0.0513. The van der Waals surface area contributed by atoms with Gasteiger partial charge in [0.05, 0.1) is 0 Å². The van der Waals surface area contributed by atoms with Crippen LogP contribution in [0.5, 0.6) is 0 Å². The van der Waals surface area contributed by atoms with Gasteiger partial charge in [-0.25, -0.2) is 0 Å². The van der Waals surface area contributed by atoms with Crippen LogP contribution in [-0.4, -0.2) is 21.1 Å². The minimum atomic E-state index is -0.437. The summed E-state index contributed by atoms with van der Waals surface area (Å²) < 4.78 is 15.1. The molecule has 2 radical (unpaired) electrons. The molecule has 0 aliphatic heterocycles. The van der Waals surface area contributed by atoms with E-state index >= 15 is 0 Å². The van der Waals surface area contributed by atoms with Gasteiger partial charge in [-0.2, -0.15) is 0 Å². The van der Waals surface area contributed by atoms with Gasteiger partial charge in [-0.15, -0.1) is 0 Å². The molecule has 12 heavy (non-hydrogen) atoms. The number of hydrogen-bond acceptors (Lipinski definition) is 0. The molecule has 1 fully saturated rings. The summed E-state index contributed by atoms with van der Waals surface area (Å²) in [6.07, 6.45) is 4.21. The van der Waals surface area contributed by atoms with Gasteiger partial charge in [-0.05, 0) is 0 Å². The molecule has 0 aromatic heterocycles. The van der Waals surface area contributed by atoms with Crippen molar-refractivity contribution in [2.45, 2.75) is 23.2 Å². The Balaban J connectivity index is 2.02. The van der Waals surface area contributed by atoms with E-state index in [0.29, 0.717) is 0 Å². The first-order chi connectivity index (χ1) is 5.84. The van der Waals surface area contributed by atoms with E-state index in [1.54, 1.807) is 6.07 Å². The maximum absolute atomic E-state index is 12.8. The summed E-state index contributed by atoms with van der Waals surface area (Å²) in [5.41, 5.74) is 0. The molecule has 1 aromatic carbocycles. The van der Waals surface area contributed by atoms with E-state index in [1.165, 1.54) is 28.9 Å². The van der Waals surface area contributed by atoms with Crippen molar-refractivity contribution in [2.75, 3.05) is 0 Å². The Kier molecular flexibility index (Phi) is 2.69. The predicted octanol–water partition coefficient (Wildman–Crippen LogP) is 2.13. The second-order valence-electron chi connectivity index (χ2n) is 3.28. The van der Waals surface area contributed by atoms with Gasteiger partial charge in [0.25, 0.3) is 0 Å². The summed E-state index contributed by atoms with van der Waals surface area (Å²) in [7, 11) is 0. The topological polar surface area (TPSA) is 0 Å². The van der Waals surface area contributed by atoms with Crippen molar-refractivity contribution in [1.29, 1.82) is 0 Å². The Labute approximate surface area is 82.4 Å². The quantitative estimate of drug-likeness (QED) is 0.721. The summed E-state index contributed by atoms with van der Waals surface area (Å²) in [5, 5.41) is 0. The first-order valence-corrected chi connectivity index (χ1v) is 7.44. The van der Waals surface area contributed by atoms with Crippen molar-refractivity contribution < 1.29 is 4.39 Å². The van der Waals surface area contributed by atoms with Crippen molar-refractivity contribution in [3.05, 3.63) is 30.1 Å². The fourth-order valence-corrected chi connectivity index (χ4v) is 5.88. The van der Waals surface area contributed by atoms with Crippen molar-refractivity contribution in [1.82, 2.24) is 0 Å². The summed E-state index contributed by atoms with van der Waals surface area (Å²) in [5.74, 6) is -0.0623. The van der Waals surface area contributed by atoms with E-state index in [4.69, 9.17) is 0 Å². The van der Waals surface area contributed by atoms with Crippen LogP contribution >= 0.6 is 0 Å². The van der Waals surface area contributed by atoms with E-state index in [-0.39, 0.29) is 5.82 Å². The number of rotatable bonds is 2. The van der Waals surface area contributed by atoms with Gasteiger partial charge in [0.15, 0.2) is 0 Å². The SMILES string of the molecule is Fc1ccc[c]([Sn][CH]2CCC2)c1. The van der Waals surface area contributed by atoms with E-state index in [0.717, 1.165) is 3.93 Å². The molecule has 2 heteroatoms. The fraction of sp³-hybridized carbons (Fsp3) is 0.400. The van der Waals surface area contributed by atoms with Crippen LogP contribution in [-0.2, 0) is 0 Å². The molecule has 1 aromatic rings. The molecule has 62 valence electrons. The molecule has 0 spiro atoms. The molecule has 0 N–H and O–H groups in total. The zero-order valence-electron chi connectivity index (χ0n) is 6.89. The maximum atomic E-state index is 12.8. The predicted molar refractivity (Wildman–Crippen MR) is 49.4 cm³/mol. The van der Waals surface area contributed by atoms with Gasteiger partial charge in [-0.3, -0.25) is 0 Å². The first-order valence-electron chi connectivity index (χ1n) is 4.37. The van der Waals surface area contributed by atoms with Gasteiger partial charge in [0, 0.05) is 0 Å². The van der Waals surface area contributed by atoms with Crippen LogP contribution in [0, 0.1) is 5.82 Å². The van der Waals surface area contributed by atoms with Crippen LogP contribution < -0.4 is 3.58 Å². The van der Waals surface area contributed by atoms with Gasteiger partial charge in [0.1, 0.15) is 0 Å². The molecule has 0 nitrogen and oxygen atoms in total. The molecular formula is C10H11FSn. The second-order valence-corrected chi connectivity index (χ2v) is 8.08. The van der Waals surface area contributed by atoms with Crippen LogP contribution in [0.15, 0.2) is 24.3 Å². The monoisotopic (exact) mass is 270 g/mol. The molecule has 1 saturated carbocycles. The van der Waals surface area contributed by atoms with E-state index in [9.17, 15) is 4.39 Å². The molecule has 1 aliphatic carbocycles.